The zero-order chi connectivity index (χ0) is 9.84. The smallest absolute Gasteiger partial charge is 1.00 e. The van der Waals surface area contributed by atoms with Gasteiger partial charge in [-0.05, 0) is 26.4 Å². The summed E-state index contributed by atoms with van der Waals surface area (Å²) in [6.45, 7) is 5.86. The van der Waals surface area contributed by atoms with Gasteiger partial charge in [0.05, 0.1) is 12.5 Å². The Bertz CT molecular complexity index is 311. The van der Waals surface area contributed by atoms with Gasteiger partial charge >= 0.3 is 26.2 Å². The number of fused-ring (bicyclic) bond motifs is 1. The minimum atomic E-state index is -1.14. The van der Waals surface area contributed by atoms with Crippen LogP contribution in [0.3, 0.4) is 0 Å². The van der Waals surface area contributed by atoms with Crippen molar-refractivity contribution in [1.29, 1.82) is 0 Å². The van der Waals surface area contributed by atoms with Crippen molar-refractivity contribution in [2.45, 2.75) is 26.4 Å². The van der Waals surface area contributed by atoms with Crippen LogP contribution in [0.1, 0.15) is 18.1 Å². The Morgan fingerprint density at radius 1 is 1.25 bits per heavy atom. The van der Waals surface area contributed by atoms with Gasteiger partial charge < -0.3 is 34.0 Å². The van der Waals surface area contributed by atoms with E-state index in [1.165, 1.54) is 16.7 Å². The number of rotatable bonds is 0. The Morgan fingerprint density at radius 2 is 1.75 bits per heavy atom. The van der Waals surface area contributed by atoms with E-state index >= 15 is 0 Å². The predicted molar refractivity (Wildman–Crippen MR) is 57.2 cm³/mol. The molecule has 2 nitrogen and oxygen atoms in total. The zero-order valence-electron chi connectivity index (χ0n) is 9.63. The topological polar surface area (TPSA) is 33.4 Å². The average Bonchev–Trinajstić information content (AvgIpc) is 2.43. The molecule has 0 spiro atoms. The Morgan fingerprint density at radius 3 is 2.19 bits per heavy atom. The van der Waals surface area contributed by atoms with Gasteiger partial charge in [-0.15, -0.1) is 0 Å². The van der Waals surface area contributed by atoms with Gasteiger partial charge in [-0.2, -0.15) is 0 Å². The number of hydrogen-bond donors (Lipinski definition) is 1. The zero-order valence-corrected chi connectivity index (χ0v) is 14.8. The molecular weight excluding hydrogens is 342 g/mol. The van der Waals surface area contributed by atoms with Crippen LogP contribution in [0.2, 0.25) is 13.1 Å². The van der Waals surface area contributed by atoms with Crippen LogP contribution in [-0.2, 0) is 32.6 Å². The molecule has 0 radical (unpaired) electrons. The molecule has 1 aliphatic rings. The molecule has 0 aromatic carbocycles. The first-order chi connectivity index (χ1) is 6.09. The third kappa shape index (κ3) is 7.86. The van der Waals surface area contributed by atoms with E-state index < -0.39 is 9.04 Å². The molecule has 0 bridgehead atoms. The van der Waals surface area contributed by atoms with Gasteiger partial charge in [0.15, 0.2) is 9.04 Å². The van der Waals surface area contributed by atoms with E-state index in [1.54, 1.807) is 6.26 Å². The SMILES string of the molecule is CC1=Cc2cocc2C1.C[SiH](C)O.[Cl-].[Cl-].[Zr+2]. The van der Waals surface area contributed by atoms with Gasteiger partial charge in [-0.25, -0.2) is 0 Å². The Balaban J connectivity index is -0.000000218. The van der Waals surface area contributed by atoms with Crippen molar-refractivity contribution in [3.8, 4) is 0 Å². The maximum absolute atomic E-state index is 8.19. The molecule has 16 heavy (non-hydrogen) atoms. The Labute approximate surface area is 130 Å². The summed E-state index contributed by atoms with van der Waals surface area (Å²) in [6.07, 6.45) is 6.86. The predicted octanol–water partition coefficient (Wildman–Crippen LogP) is -3.79. The van der Waals surface area contributed by atoms with E-state index in [2.05, 4.69) is 13.0 Å². The van der Waals surface area contributed by atoms with Crippen LogP contribution >= 0.6 is 0 Å². The van der Waals surface area contributed by atoms with Gasteiger partial charge in [-0.1, -0.05) is 11.6 Å². The summed E-state index contributed by atoms with van der Waals surface area (Å²) in [5, 5.41) is 0. The molecular formula is C10H16Cl2O2SiZr. The number of allylic oxidation sites excluding steroid dienone is 1. The quantitative estimate of drug-likeness (QED) is 0.483. The monoisotopic (exact) mass is 356 g/mol. The van der Waals surface area contributed by atoms with E-state index in [0.29, 0.717) is 0 Å². The summed E-state index contributed by atoms with van der Waals surface area (Å²) in [4.78, 5) is 8.19. The van der Waals surface area contributed by atoms with Crippen molar-refractivity contribution in [2.75, 3.05) is 0 Å². The fourth-order valence-electron chi connectivity index (χ4n) is 1.22. The molecule has 2 rings (SSSR count). The second-order valence-electron chi connectivity index (χ2n) is 3.61. The van der Waals surface area contributed by atoms with Gasteiger partial charge in [-0.3, -0.25) is 0 Å². The van der Waals surface area contributed by atoms with Crippen molar-refractivity contribution >= 4 is 15.1 Å². The van der Waals surface area contributed by atoms with E-state index in [-0.39, 0.29) is 51.0 Å². The molecule has 6 heteroatoms. The molecule has 1 aliphatic carbocycles. The van der Waals surface area contributed by atoms with Crippen LogP contribution in [0.5, 0.6) is 0 Å². The van der Waals surface area contributed by atoms with E-state index in [9.17, 15) is 0 Å². The van der Waals surface area contributed by atoms with Crippen LogP contribution < -0.4 is 24.8 Å². The van der Waals surface area contributed by atoms with Crippen LogP contribution in [0.15, 0.2) is 22.5 Å². The average molecular weight is 358 g/mol. The summed E-state index contributed by atoms with van der Waals surface area (Å²) >= 11 is 0. The Kier molecular flexibility index (Phi) is 14.8. The summed E-state index contributed by atoms with van der Waals surface area (Å²) in [7, 11) is -1.14. The van der Waals surface area contributed by atoms with Crippen molar-refractivity contribution < 1.29 is 60.2 Å². The van der Waals surface area contributed by atoms with Crippen molar-refractivity contribution in [3.05, 3.63) is 29.2 Å². The summed E-state index contributed by atoms with van der Waals surface area (Å²) < 4.78 is 4.99. The fourth-order valence-corrected chi connectivity index (χ4v) is 1.22. The van der Waals surface area contributed by atoms with Crippen molar-refractivity contribution in [2.24, 2.45) is 0 Å². The molecule has 0 unspecified atom stereocenters. The summed E-state index contributed by atoms with van der Waals surface area (Å²) in [5.74, 6) is 0. The minimum Gasteiger partial charge on any atom is -1.00 e. The van der Waals surface area contributed by atoms with Gasteiger partial charge in [0.2, 0.25) is 0 Å². The molecule has 0 amide bonds. The molecule has 0 fully saturated rings. The number of furan rings is 1. The van der Waals surface area contributed by atoms with Crippen LogP contribution in [-0.4, -0.2) is 13.8 Å². The molecule has 1 aromatic rings. The van der Waals surface area contributed by atoms with E-state index in [4.69, 9.17) is 9.21 Å². The second kappa shape index (κ2) is 10.8. The van der Waals surface area contributed by atoms with Crippen LogP contribution in [0, 0.1) is 0 Å². The molecule has 0 saturated heterocycles. The van der Waals surface area contributed by atoms with Crippen molar-refractivity contribution in [3.63, 3.8) is 0 Å². The standard InChI is InChI=1S/C8H8O.C2H8OSi.2ClH.Zr/c1-6-2-7-4-9-5-8(7)3-6;1-4(2)3;;;/h2,4-5H,3H2,1H3;3-4H,1-2H3;2*1H;/q;;;;+2/p-2. The molecule has 0 atom stereocenters. The first-order valence-corrected chi connectivity index (χ1v) is 7.32. The minimum absolute atomic E-state index is 0. The number of hydrogen-bond acceptors (Lipinski definition) is 2. The molecule has 90 valence electrons. The van der Waals surface area contributed by atoms with Crippen LogP contribution in [0.25, 0.3) is 6.08 Å². The third-order valence-electron chi connectivity index (χ3n) is 1.65. The molecule has 0 aliphatic heterocycles. The number of halogens is 2. The van der Waals surface area contributed by atoms with Gasteiger partial charge in [0.1, 0.15) is 0 Å². The maximum atomic E-state index is 8.19. The molecule has 1 aromatic heterocycles. The molecule has 1 heterocycles. The second-order valence-corrected chi connectivity index (χ2v) is 5.80. The largest absolute Gasteiger partial charge is 2.00 e. The maximum Gasteiger partial charge on any atom is 2.00 e. The van der Waals surface area contributed by atoms with E-state index in [0.717, 1.165) is 6.42 Å². The summed E-state index contributed by atoms with van der Waals surface area (Å²) in [5.41, 5.74) is 4.01. The Hall–Kier alpha value is 0.660. The van der Waals surface area contributed by atoms with Crippen molar-refractivity contribution in [1.82, 2.24) is 0 Å². The van der Waals surface area contributed by atoms with Crippen LogP contribution in [0.4, 0.5) is 0 Å². The molecule has 1 N–H and O–H groups in total. The molecule has 0 saturated carbocycles. The van der Waals surface area contributed by atoms with E-state index in [1.807, 2.05) is 19.4 Å². The summed E-state index contributed by atoms with van der Waals surface area (Å²) in [6, 6.07) is 0. The first-order valence-electron chi connectivity index (χ1n) is 4.50. The fraction of sp³-hybridized carbons (Fsp3) is 0.400. The van der Waals surface area contributed by atoms with Gasteiger partial charge in [0.25, 0.3) is 0 Å². The third-order valence-corrected chi connectivity index (χ3v) is 1.65. The first kappa shape index (κ1) is 21.9. The van der Waals surface area contributed by atoms with Gasteiger partial charge in [0, 0.05) is 11.1 Å². The normalized spacial score (nSPS) is 10.9.